The fourth-order valence-electron chi connectivity index (χ4n) is 2.98. The molecular formula is C18H28N4O9S. The molecule has 3 amide bonds. The van der Waals surface area contributed by atoms with Crippen LogP contribution in [0.15, 0.2) is 0 Å². The van der Waals surface area contributed by atoms with Gasteiger partial charge in [0, 0.05) is 18.6 Å². The van der Waals surface area contributed by atoms with Gasteiger partial charge in [0.1, 0.15) is 18.1 Å². The van der Waals surface area contributed by atoms with Gasteiger partial charge in [-0.3, -0.25) is 24.0 Å². The molecule has 0 aromatic carbocycles. The molecule has 0 radical (unpaired) electrons. The van der Waals surface area contributed by atoms with Crippen molar-refractivity contribution in [2.75, 3.05) is 12.3 Å². The topological polar surface area (TPSA) is 211 Å². The van der Waals surface area contributed by atoms with Gasteiger partial charge in [0.2, 0.25) is 17.7 Å². The van der Waals surface area contributed by atoms with Crippen LogP contribution >= 0.6 is 12.6 Å². The molecule has 1 saturated heterocycles. The average molecular weight is 477 g/mol. The lowest BCUT2D eigenvalue weighted by molar-refractivity contribution is -0.142. The van der Waals surface area contributed by atoms with E-state index in [4.69, 9.17) is 15.3 Å². The Bertz CT molecular complexity index is 727. The number of carboxylic acids is 3. The van der Waals surface area contributed by atoms with Gasteiger partial charge in [-0.25, -0.2) is 4.79 Å². The van der Waals surface area contributed by atoms with Crippen LogP contribution in [0.3, 0.4) is 0 Å². The summed E-state index contributed by atoms with van der Waals surface area (Å²) < 4.78 is 0. The molecule has 0 bridgehead atoms. The third-order valence-electron chi connectivity index (χ3n) is 4.73. The molecule has 32 heavy (non-hydrogen) atoms. The number of thiol groups is 1. The second kappa shape index (κ2) is 13.5. The second-order valence-corrected chi connectivity index (χ2v) is 7.58. The third kappa shape index (κ3) is 9.51. The van der Waals surface area contributed by atoms with E-state index in [0.29, 0.717) is 13.0 Å². The van der Waals surface area contributed by atoms with Crippen LogP contribution < -0.4 is 21.3 Å². The van der Waals surface area contributed by atoms with E-state index in [1.807, 2.05) is 0 Å². The lowest BCUT2D eigenvalue weighted by Gasteiger charge is -2.24. The molecular weight excluding hydrogens is 448 g/mol. The van der Waals surface area contributed by atoms with Gasteiger partial charge in [-0.2, -0.15) is 12.6 Å². The fourth-order valence-corrected chi connectivity index (χ4v) is 3.23. The van der Waals surface area contributed by atoms with Crippen LogP contribution in [0.25, 0.3) is 0 Å². The van der Waals surface area contributed by atoms with Gasteiger partial charge < -0.3 is 36.6 Å². The lowest BCUT2D eigenvalue weighted by Crippen LogP contribution is -2.57. The standard InChI is InChI=1S/C18H28N4O9S/c23-13(24)5-3-10(20-15(27)9-2-1-7-19-9)16(28)21-11(4-6-14(25)26)17(29)22-12(8-32)18(30)31/h9-12,19,32H,1-8H2,(H,20,27)(H,21,28)(H,22,29)(H,23,24)(H,25,26)(H,30,31). The molecule has 0 aromatic heterocycles. The Labute approximate surface area is 189 Å². The van der Waals surface area contributed by atoms with E-state index in [-0.39, 0.29) is 18.6 Å². The summed E-state index contributed by atoms with van der Waals surface area (Å²) in [7, 11) is 0. The van der Waals surface area contributed by atoms with Gasteiger partial charge in [-0.15, -0.1) is 0 Å². The summed E-state index contributed by atoms with van der Waals surface area (Å²) in [6.07, 6.45) is -0.254. The van der Waals surface area contributed by atoms with E-state index in [2.05, 4.69) is 33.9 Å². The summed E-state index contributed by atoms with van der Waals surface area (Å²) >= 11 is 3.83. The number of rotatable bonds is 14. The zero-order valence-electron chi connectivity index (χ0n) is 17.2. The molecule has 0 saturated carbocycles. The van der Waals surface area contributed by atoms with Crippen LogP contribution in [0, 0.1) is 0 Å². The third-order valence-corrected chi connectivity index (χ3v) is 5.10. The smallest absolute Gasteiger partial charge is 0.327 e. The number of hydrogen-bond donors (Lipinski definition) is 8. The predicted molar refractivity (Wildman–Crippen MR) is 112 cm³/mol. The van der Waals surface area contributed by atoms with Crippen molar-refractivity contribution in [3.05, 3.63) is 0 Å². The molecule has 14 heteroatoms. The SMILES string of the molecule is O=C(O)CCC(NC(=O)C(CCC(=O)O)NC(=O)C1CCCN1)C(=O)NC(CS)C(=O)O. The molecule has 1 aliphatic heterocycles. The first-order valence-corrected chi connectivity index (χ1v) is 10.6. The molecule has 1 aliphatic rings. The first-order chi connectivity index (χ1) is 15.0. The molecule has 1 heterocycles. The van der Waals surface area contributed by atoms with Crippen molar-refractivity contribution in [2.45, 2.75) is 62.7 Å². The summed E-state index contributed by atoms with van der Waals surface area (Å²) in [6.45, 7) is 0.622. The highest BCUT2D eigenvalue weighted by atomic mass is 32.1. The molecule has 0 aromatic rings. The van der Waals surface area contributed by atoms with Gasteiger partial charge in [0.15, 0.2) is 0 Å². The van der Waals surface area contributed by atoms with E-state index < -0.39 is 72.6 Å². The van der Waals surface area contributed by atoms with Crippen LogP contribution in [0.1, 0.15) is 38.5 Å². The molecule has 4 unspecified atom stereocenters. The molecule has 13 nitrogen and oxygen atoms in total. The maximum absolute atomic E-state index is 12.8. The van der Waals surface area contributed by atoms with E-state index in [1.54, 1.807) is 0 Å². The fraction of sp³-hybridized carbons (Fsp3) is 0.667. The highest BCUT2D eigenvalue weighted by molar-refractivity contribution is 7.80. The minimum atomic E-state index is -1.42. The zero-order chi connectivity index (χ0) is 24.3. The summed E-state index contributed by atoms with van der Waals surface area (Å²) in [5.41, 5.74) is 0. The normalized spacial score (nSPS) is 18.1. The Morgan fingerprint density at radius 3 is 1.75 bits per heavy atom. The van der Waals surface area contributed by atoms with Crippen molar-refractivity contribution >= 4 is 48.3 Å². The molecule has 180 valence electrons. The van der Waals surface area contributed by atoms with Crippen LogP contribution in [0.4, 0.5) is 0 Å². The minimum absolute atomic E-state index is 0.244. The lowest BCUT2D eigenvalue weighted by atomic mass is 10.1. The summed E-state index contributed by atoms with van der Waals surface area (Å²) in [6, 6.07) is -4.62. The second-order valence-electron chi connectivity index (χ2n) is 7.22. The van der Waals surface area contributed by atoms with Gasteiger partial charge in [-0.05, 0) is 32.2 Å². The summed E-state index contributed by atoms with van der Waals surface area (Å²) in [5.74, 6) is -6.39. The maximum Gasteiger partial charge on any atom is 0.327 e. The predicted octanol–water partition coefficient (Wildman–Crippen LogP) is -2.06. The van der Waals surface area contributed by atoms with Gasteiger partial charge in [-0.1, -0.05) is 0 Å². The van der Waals surface area contributed by atoms with Gasteiger partial charge in [0.25, 0.3) is 0 Å². The number of hydrogen-bond acceptors (Lipinski definition) is 8. The summed E-state index contributed by atoms with van der Waals surface area (Å²) in [5, 5.41) is 36.8. The first kappa shape index (κ1) is 27.2. The van der Waals surface area contributed by atoms with E-state index in [0.717, 1.165) is 6.42 Å². The highest BCUT2D eigenvalue weighted by Crippen LogP contribution is 2.08. The molecule has 0 spiro atoms. The maximum atomic E-state index is 12.8. The van der Waals surface area contributed by atoms with Crippen molar-refractivity contribution in [3.8, 4) is 0 Å². The summed E-state index contributed by atoms with van der Waals surface area (Å²) in [4.78, 5) is 70.6. The quantitative estimate of drug-likeness (QED) is 0.128. The highest BCUT2D eigenvalue weighted by Gasteiger charge is 2.31. The number of nitrogens with one attached hydrogen (secondary N) is 4. The van der Waals surface area contributed by atoms with Crippen molar-refractivity contribution in [1.29, 1.82) is 0 Å². The largest absolute Gasteiger partial charge is 0.481 e. The van der Waals surface area contributed by atoms with E-state index in [9.17, 15) is 28.8 Å². The average Bonchev–Trinajstić information content (AvgIpc) is 3.26. The van der Waals surface area contributed by atoms with Crippen molar-refractivity contribution in [1.82, 2.24) is 21.3 Å². The Balaban J connectivity index is 2.93. The van der Waals surface area contributed by atoms with Crippen molar-refractivity contribution in [2.24, 2.45) is 0 Å². The van der Waals surface area contributed by atoms with Crippen LogP contribution in [0.5, 0.6) is 0 Å². The Kier molecular flexibility index (Phi) is 11.5. The van der Waals surface area contributed by atoms with E-state index in [1.165, 1.54) is 0 Å². The molecule has 1 fully saturated rings. The number of aliphatic carboxylic acids is 3. The Hall–Kier alpha value is -2.87. The Morgan fingerprint density at radius 1 is 0.844 bits per heavy atom. The van der Waals surface area contributed by atoms with Crippen LogP contribution in [0.2, 0.25) is 0 Å². The van der Waals surface area contributed by atoms with Crippen LogP contribution in [-0.4, -0.2) is 87.4 Å². The minimum Gasteiger partial charge on any atom is -0.481 e. The van der Waals surface area contributed by atoms with Crippen molar-refractivity contribution in [3.63, 3.8) is 0 Å². The van der Waals surface area contributed by atoms with Gasteiger partial charge in [0.05, 0.1) is 6.04 Å². The number of carboxylic acid groups (broad SMARTS) is 3. The van der Waals surface area contributed by atoms with E-state index >= 15 is 0 Å². The van der Waals surface area contributed by atoms with Crippen molar-refractivity contribution < 1.29 is 44.1 Å². The number of amides is 3. The molecule has 0 aliphatic carbocycles. The Morgan fingerprint density at radius 2 is 1.34 bits per heavy atom. The molecule has 7 N–H and O–H groups in total. The molecule has 1 rings (SSSR count). The number of carbonyl (C=O) groups is 6. The van der Waals surface area contributed by atoms with Crippen LogP contribution in [-0.2, 0) is 28.8 Å². The van der Waals surface area contributed by atoms with Gasteiger partial charge >= 0.3 is 17.9 Å². The zero-order valence-corrected chi connectivity index (χ0v) is 18.1. The molecule has 4 atom stereocenters. The number of carbonyl (C=O) groups excluding carboxylic acids is 3. The first-order valence-electron chi connectivity index (χ1n) is 9.96. The monoisotopic (exact) mass is 476 g/mol.